The lowest BCUT2D eigenvalue weighted by atomic mass is 10.2. The number of hydrogen-bond acceptors (Lipinski definition) is 0. The average Bonchev–Trinajstić information content (AvgIpc) is 2.17. The minimum atomic E-state index is -0.988. The zero-order chi connectivity index (χ0) is 9.90. The van der Waals surface area contributed by atoms with Crippen molar-refractivity contribution in [2.24, 2.45) is 0 Å². The van der Waals surface area contributed by atoms with Gasteiger partial charge in [0.15, 0.2) is 0 Å². The Morgan fingerprint density at radius 2 is 1.85 bits per heavy atom. The first-order chi connectivity index (χ1) is 6.12. The topological polar surface area (TPSA) is 0 Å². The van der Waals surface area contributed by atoms with Crippen LogP contribution < -0.4 is 0 Å². The van der Waals surface area contributed by atoms with E-state index in [1.165, 1.54) is 10.5 Å². The van der Waals surface area contributed by atoms with Crippen LogP contribution in [0.5, 0.6) is 0 Å². The molecule has 0 aliphatic rings. The van der Waals surface area contributed by atoms with Crippen LogP contribution in [0.25, 0.3) is 0 Å². The Morgan fingerprint density at radius 3 is 2.31 bits per heavy atom. The Hall–Kier alpha value is -0.950. The fourth-order valence-corrected chi connectivity index (χ4v) is 2.48. The van der Waals surface area contributed by atoms with E-state index in [4.69, 9.17) is 0 Å². The molecule has 0 amide bonds. The van der Waals surface area contributed by atoms with Gasteiger partial charge in [-0.25, -0.2) is 0 Å². The van der Waals surface area contributed by atoms with Gasteiger partial charge < -0.3 is 0 Å². The number of benzene rings is 1. The van der Waals surface area contributed by atoms with E-state index in [-0.39, 0.29) is 0 Å². The second-order valence-corrected chi connectivity index (χ2v) is 6.43. The van der Waals surface area contributed by atoms with Gasteiger partial charge >= 0.3 is 0 Å². The van der Waals surface area contributed by atoms with Crippen LogP contribution in [0.1, 0.15) is 5.56 Å². The minimum absolute atomic E-state index is 0.988. The molecule has 1 heteroatoms. The summed E-state index contributed by atoms with van der Waals surface area (Å²) in [6, 6.07) is 8.54. The Labute approximate surface area is 82.3 Å². The van der Waals surface area contributed by atoms with Gasteiger partial charge in [-0.05, 0) is 41.0 Å². The largest absolute Gasteiger partial charge is 0.178 e. The summed E-state index contributed by atoms with van der Waals surface area (Å²) in [5.74, 6) is 0. The van der Waals surface area contributed by atoms with Crippen LogP contribution in [0.15, 0.2) is 53.1 Å². The van der Waals surface area contributed by atoms with Crippen molar-refractivity contribution in [2.45, 2.75) is 11.8 Å². The summed E-state index contributed by atoms with van der Waals surface area (Å²) in [5.41, 5.74) is 1.29. The van der Waals surface area contributed by atoms with Gasteiger partial charge in [-0.15, -0.1) is 0 Å². The van der Waals surface area contributed by atoms with Gasteiger partial charge in [0, 0.05) is 0 Å². The Bertz CT molecular complexity index is 318. The quantitative estimate of drug-likeness (QED) is 0.677. The van der Waals surface area contributed by atoms with Gasteiger partial charge in [0.05, 0.1) is 0 Å². The highest BCUT2D eigenvalue weighted by molar-refractivity contribution is 8.37. The molecular formula is C12H16S. The van der Waals surface area contributed by atoms with Crippen LogP contribution >= 0.6 is 10.0 Å². The molecule has 1 rings (SSSR count). The molecule has 0 bridgehead atoms. The molecule has 0 aliphatic carbocycles. The molecule has 0 heterocycles. The summed E-state index contributed by atoms with van der Waals surface area (Å²) < 4.78 is 0. The third-order valence-electron chi connectivity index (χ3n) is 2.19. The molecule has 0 saturated carbocycles. The van der Waals surface area contributed by atoms with E-state index in [0.29, 0.717) is 0 Å². The summed E-state index contributed by atoms with van der Waals surface area (Å²) in [6.07, 6.45) is 2.20. The highest BCUT2D eigenvalue weighted by Gasteiger charge is 2.11. The standard InChI is InChI=1S/C12H16S/c1-5-13(4,6-2)12-9-7-8-11(3)10-12/h5-10H,1-2H2,3-4H3. The Morgan fingerprint density at radius 1 is 1.23 bits per heavy atom. The molecule has 0 radical (unpaired) electrons. The van der Waals surface area contributed by atoms with Crippen molar-refractivity contribution >= 4 is 10.0 Å². The first kappa shape index (κ1) is 10.1. The summed E-state index contributed by atoms with van der Waals surface area (Å²) >= 11 is 0. The highest BCUT2D eigenvalue weighted by atomic mass is 32.3. The Kier molecular flexibility index (Phi) is 2.99. The predicted octanol–water partition coefficient (Wildman–Crippen LogP) is 4.08. The molecule has 0 atom stereocenters. The highest BCUT2D eigenvalue weighted by Crippen LogP contribution is 2.54. The molecule has 0 aliphatic heterocycles. The molecule has 1 aromatic carbocycles. The number of hydrogen-bond donors (Lipinski definition) is 0. The summed E-state index contributed by atoms with van der Waals surface area (Å²) in [5, 5.41) is 4.02. The third-order valence-corrected chi connectivity index (χ3v) is 4.84. The predicted molar refractivity (Wildman–Crippen MR) is 63.4 cm³/mol. The van der Waals surface area contributed by atoms with Gasteiger partial charge in [0.2, 0.25) is 0 Å². The van der Waals surface area contributed by atoms with Crippen LogP contribution in [0, 0.1) is 6.92 Å². The fourth-order valence-electron chi connectivity index (χ4n) is 1.15. The molecule has 0 aromatic heterocycles. The molecule has 0 nitrogen and oxygen atoms in total. The van der Waals surface area contributed by atoms with Gasteiger partial charge in [0.1, 0.15) is 0 Å². The van der Waals surface area contributed by atoms with Crippen molar-refractivity contribution in [2.75, 3.05) is 6.26 Å². The minimum Gasteiger partial charge on any atom is -0.178 e. The fraction of sp³-hybridized carbons (Fsp3) is 0.167. The normalized spacial score (nSPS) is 12.2. The molecular weight excluding hydrogens is 176 g/mol. The van der Waals surface area contributed by atoms with E-state index in [2.05, 4.69) is 50.6 Å². The maximum Gasteiger partial charge on any atom is -0.00291 e. The number of aryl methyl sites for hydroxylation is 1. The first-order valence-corrected chi connectivity index (χ1v) is 6.39. The van der Waals surface area contributed by atoms with Crippen LogP contribution in [0.2, 0.25) is 0 Å². The van der Waals surface area contributed by atoms with Crippen molar-refractivity contribution in [1.82, 2.24) is 0 Å². The van der Waals surface area contributed by atoms with Gasteiger partial charge in [0.25, 0.3) is 0 Å². The third kappa shape index (κ3) is 2.04. The lowest BCUT2D eigenvalue weighted by Gasteiger charge is -2.28. The zero-order valence-corrected chi connectivity index (χ0v) is 9.10. The van der Waals surface area contributed by atoms with Gasteiger partial charge in [-0.3, -0.25) is 0 Å². The molecule has 0 fully saturated rings. The van der Waals surface area contributed by atoms with Gasteiger partial charge in [-0.1, -0.05) is 30.9 Å². The van der Waals surface area contributed by atoms with Gasteiger partial charge in [-0.2, -0.15) is 10.0 Å². The lowest BCUT2D eigenvalue weighted by molar-refractivity contribution is 1.35. The summed E-state index contributed by atoms with van der Waals surface area (Å²) in [4.78, 5) is 1.33. The van der Waals surface area contributed by atoms with Crippen LogP contribution in [-0.2, 0) is 0 Å². The zero-order valence-electron chi connectivity index (χ0n) is 8.29. The van der Waals surface area contributed by atoms with E-state index in [9.17, 15) is 0 Å². The lowest BCUT2D eigenvalue weighted by Crippen LogP contribution is -1.90. The van der Waals surface area contributed by atoms with Crippen molar-refractivity contribution in [3.8, 4) is 0 Å². The van der Waals surface area contributed by atoms with E-state index >= 15 is 0 Å². The molecule has 13 heavy (non-hydrogen) atoms. The maximum atomic E-state index is 3.88. The molecule has 0 N–H and O–H groups in total. The average molecular weight is 192 g/mol. The summed E-state index contributed by atoms with van der Waals surface area (Å²) in [6.45, 7) is 9.86. The molecule has 0 spiro atoms. The monoisotopic (exact) mass is 192 g/mol. The Balaban J connectivity index is 3.19. The van der Waals surface area contributed by atoms with E-state index in [1.807, 2.05) is 10.8 Å². The van der Waals surface area contributed by atoms with E-state index < -0.39 is 10.0 Å². The van der Waals surface area contributed by atoms with E-state index in [0.717, 1.165) is 0 Å². The van der Waals surface area contributed by atoms with Crippen LogP contribution in [0.3, 0.4) is 0 Å². The van der Waals surface area contributed by atoms with Crippen molar-refractivity contribution in [1.29, 1.82) is 0 Å². The summed E-state index contributed by atoms with van der Waals surface area (Å²) in [7, 11) is -0.988. The second kappa shape index (κ2) is 3.84. The molecule has 0 unspecified atom stereocenters. The first-order valence-electron chi connectivity index (χ1n) is 4.22. The smallest absolute Gasteiger partial charge is 0.00291 e. The molecule has 1 aromatic rings. The second-order valence-electron chi connectivity index (χ2n) is 3.20. The molecule has 70 valence electrons. The van der Waals surface area contributed by atoms with Crippen molar-refractivity contribution in [3.05, 3.63) is 53.8 Å². The maximum absolute atomic E-state index is 3.88. The number of rotatable bonds is 3. The van der Waals surface area contributed by atoms with Crippen LogP contribution in [0.4, 0.5) is 0 Å². The van der Waals surface area contributed by atoms with Crippen molar-refractivity contribution < 1.29 is 0 Å². The van der Waals surface area contributed by atoms with Crippen molar-refractivity contribution in [3.63, 3.8) is 0 Å². The molecule has 0 saturated heterocycles. The van der Waals surface area contributed by atoms with Crippen LogP contribution in [-0.4, -0.2) is 6.26 Å². The van der Waals surface area contributed by atoms with E-state index in [1.54, 1.807) is 0 Å². The SMILES string of the molecule is C=CS(C)(C=C)c1cccc(C)c1.